The third kappa shape index (κ3) is 3.30. The van der Waals surface area contributed by atoms with Crippen LogP contribution in [-0.4, -0.2) is 14.9 Å². The van der Waals surface area contributed by atoms with Crippen LogP contribution in [0.4, 0.5) is 5.69 Å². The van der Waals surface area contributed by atoms with Gasteiger partial charge in [0.2, 0.25) is 0 Å². The van der Waals surface area contributed by atoms with Gasteiger partial charge in [-0.15, -0.1) is 0 Å². The maximum absolute atomic E-state index is 9.14. The van der Waals surface area contributed by atoms with Crippen LogP contribution in [0.15, 0.2) is 67.0 Å². The number of aliphatic hydroxyl groups is 1. The van der Waals surface area contributed by atoms with Crippen LogP contribution < -0.4 is 5.32 Å². The lowest BCUT2D eigenvalue weighted by Crippen LogP contribution is -1.99. The van der Waals surface area contributed by atoms with Gasteiger partial charge in [0.25, 0.3) is 0 Å². The zero-order chi connectivity index (χ0) is 14.5. The summed E-state index contributed by atoms with van der Waals surface area (Å²) < 4.78 is 1.86. The van der Waals surface area contributed by atoms with E-state index in [2.05, 4.69) is 10.4 Å². The number of aliphatic hydroxyl groups excluding tert-OH is 1. The molecule has 1 heterocycles. The number of hydrogen-bond acceptors (Lipinski definition) is 3. The van der Waals surface area contributed by atoms with Gasteiger partial charge in [0.15, 0.2) is 0 Å². The number of nitrogens with zero attached hydrogens (tertiary/aromatic N) is 2. The summed E-state index contributed by atoms with van der Waals surface area (Å²) in [6.45, 7) is 0.753. The molecule has 2 N–H and O–H groups in total. The number of hydrogen-bond donors (Lipinski definition) is 2. The van der Waals surface area contributed by atoms with Crippen LogP contribution in [-0.2, 0) is 13.2 Å². The molecule has 0 spiro atoms. The lowest BCUT2D eigenvalue weighted by Gasteiger charge is -2.06. The van der Waals surface area contributed by atoms with Crippen molar-refractivity contribution in [3.63, 3.8) is 0 Å². The van der Waals surface area contributed by atoms with Gasteiger partial charge in [-0.05, 0) is 29.8 Å². The molecule has 0 saturated carbocycles. The Labute approximate surface area is 123 Å². The van der Waals surface area contributed by atoms with Gasteiger partial charge >= 0.3 is 0 Å². The van der Waals surface area contributed by atoms with Crippen molar-refractivity contribution in [2.75, 3.05) is 5.32 Å². The molecule has 1 aromatic heterocycles. The molecule has 0 radical (unpaired) electrons. The Hall–Kier alpha value is -2.59. The highest BCUT2D eigenvalue weighted by atomic mass is 16.3. The zero-order valence-electron chi connectivity index (χ0n) is 11.6. The predicted molar refractivity (Wildman–Crippen MR) is 83.3 cm³/mol. The molecule has 3 rings (SSSR count). The monoisotopic (exact) mass is 279 g/mol. The summed E-state index contributed by atoms with van der Waals surface area (Å²) in [6, 6.07) is 17.8. The molecule has 106 valence electrons. The number of rotatable bonds is 5. The SMILES string of the molecule is OCc1cccc(NCc2cnn(-c3ccccc3)c2)c1. The van der Waals surface area contributed by atoms with Crippen molar-refractivity contribution in [2.24, 2.45) is 0 Å². The van der Waals surface area contributed by atoms with Crippen molar-refractivity contribution in [3.8, 4) is 5.69 Å². The molecule has 0 aliphatic rings. The van der Waals surface area contributed by atoms with Gasteiger partial charge in [-0.3, -0.25) is 0 Å². The van der Waals surface area contributed by atoms with E-state index in [1.807, 2.05) is 71.7 Å². The molecule has 0 unspecified atom stereocenters. The Morgan fingerprint density at radius 1 is 1.00 bits per heavy atom. The maximum atomic E-state index is 9.14. The van der Waals surface area contributed by atoms with E-state index in [-0.39, 0.29) is 6.61 Å². The second-order valence-corrected chi connectivity index (χ2v) is 4.84. The number of benzene rings is 2. The summed E-state index contributed by atoms with van der Waals surface area (Å²) in [6.07, 6.45) is 3.87. The number of anilines is 1. The Bertz CT molecular complexity index is 707. The topological polar surface area (TPSA) is 50.1 Å². The summed E-state index contributed by atoms with van der Waals surface area (Å²) >= 11 is 0. The third-order valence-corrected chi connectivity index (χ3v) is 3.26. The van der Waals surface area contributed by atoms with Crippen LogP contribution in [0.3, 0.4) is 0 Å². The highest BCUT2D eigenvalue weighted by molar-refractivity contribution is 5.46. The van der Waals surface area contributed by atoms with E-state index in [9.17, 15) is 0 Å². The quantitative estimate of drug-likeness (QED) is 0.755. The van der Waals surface area contributed by atoms with Crippen LogP contribution in [0.1, 0.15) is 11.1 Å². The summed E-state index contributed by atoms with van der Waals surface area (Å²) in [5, 5.41) is 16.8. The van der Waals surface area contributed by atoms with Crippen molar-refractivity contribution in [1.29, 1.82) is 0 Å². The Morgan fingerprint density at radius 3 is 2.67 bits per heavy atom. The molecular formula is C17H17N3O. The standard InChI is InChI=1S/C17H17N3O/c21-13-14-5-4-6-16(9-14)18-10-15-11-19-20(12-15)17-7-2-1-3-8-17/h1-9,11-12,18,21H,10,13H2. The van der Waals surface area contributed by atoms with Crippen molar-refractivity contribution in [1.82, 2.24) is 9.78 Å². The van der Waals surface area contributed by atoms with E-state index in [1.165, 1.54) is 0 Å². The molecule has 0 saturated heterocycles. The minimum Gasteiger partial charge on any atom is -0.392 e. The van der Waals surface area contributed by atoms with Gasteiger partial charge in [0.1, 0.15) is 0 Å². The first-order valence-electron chi connectivity index (χ1n) is 6.88. The molecule has 4 nitrogen and oxygen atoms in total. The summed E-state index contributed by atoms with van der Waals surface area (Å²) in [7, 11) is 0. The van der Waals surface area contributed by atoms with Gasteiger partial charge in [0, 0.05) is 24.0 Å². The van der Waals surface area contributed by atoms with Gasteiger partial charge in [0.05, 0.1) is 18.5 Å². The van der Waals surface area contributed by atoms with Gasteiger partial charge in [-0.25, -0.2) is 4.68 Å². The highest BCUT2D eigenvalue weighted by Crippen LogP contribution is 2.13. The van der Waals surface area contributed by atoms with E-state index in [0.717, 1.165) is 22.5 Å². The lowest BCUT2D eigenvalue weighted by molar-refractivity contribution is 0.282. The molecule has 2 aromatic carbocycles. The molecule has 0 fully saturated rings. The van der Waals surface area contributed by atoms with E-state index in [4.69, 9.17) is 5.11 Å². The van der Waals surface area contributed by atoms with Crippen molar-refractivity contribution < 1.29 is 5.11 Å². The summed E-state index contributed by atoms with van der Waals surface area (Å²) in [5.74, 6) is 0. The molecule has 0 amide bonds. The van der Waals surface area contributed by atoms with E-state index in [0.29, 0.717) is 6.54 Å². The highest BCUT2D eigenvalue weighted by Gasteiger charge is 2.01. The summed E-state index contributed by atoms with van der Waals surface area (Å²) in [4.78, 5) is 0. The minimum atomic E-state index is 0.0570. The van der Waals surface area contributed by atoms with Crippen LogP contribution in [0, 0.1) is 0 Å². The molecule has 4 heteroatoms. The average molecular weight is 279 g/mol. The fourth-order valence-corrected chi connectivity index (χ4v) is 2.16. The fraction of sp³-hybridized carbons (Fsp3) is 0.118. The Kier molecular flexibility index (Phi) is 3.98. The van der Waals surface area contributed by atoms with Gasteiger partial charge in [-0.1, -0.05) is 30.3 Å². The second kappa shape index (κ2) is 6.24. The van der Waals surface area contributed by atoms with E-state index < -0.39 is 0 Å². The smallest absolute Gasteiger partial charge is 0.0682 e. The van der Waals surface area contributed by atoms with Crippen LogP contribution in [0.2, 0.25) is 0 Å². The first-order valence-corrected chi connectivity index (χ1v) is 6.88. The number of nitrogens with one attached hydrogen (secondary N) is 1. The largest absolute Gasteiger partial charge is 0.392 e. The lowest BCUT2D eigenvalue weighted by atomic mass is 10.2. The minimum absolute atomic E-state index is 0.0570. The van der Waals surface area contributed by atoms with Crippen LogP contribution >= 0.6 is 0 Å². The number of para-hydroxylation sites is 1. The molecule has 0 bridgehead atoms. The molecule has 0 aliphatic heterocycles. The van der Waals surface area contributed by atoms with Crippen LogP contribution in [0.25, 0.3) is 5.69 Å². The Morgan fingerprint density at radius 2 is 1.86 bits per heavy atom. The van der Waals surface area contributed by atoms with Crippen molar-refractivity contribution >= 4 is 5.69 Å². The Balaban J connectivity index is 1.67. The van der Waals surface area contributed by atoms with Crippen molar-refractivity contribution in [3.05, 3.63) is 78.1 Å². The normalized spacial score (nSPS) is 10.5. The first-order chi connectivity index (χ1) is 10.3. The third-order valence-electron chi connectivity index (χ3n) is 3.26. The molecular weight excluding hydrogens is 262 g/mol. The van der Waals surface area contributed by atoms with E-state index in [1.54, 1.807) is 0 Å². The average Bonchev–Trinajstić information content (AvgIpc) is 3.03. The fourth-order valence-electron chi connectivity index (χ4n) is 2.16. The molecule has 0 aliphatic carbocycles. The van der Waals surface area contributed by atoms with Crippen molar-refractivity contribution in [2.45, 2.75) is 13.2 Å². The zero-order valence-corrected chi connectivity index (χ0v) is 11.6. The van der Waals surface area contributed by atoms with Gasteiger partial charge < -0.3 is 10.4 Å². The first kappa shape index (κ1) is 13.4. The predicted octanol–water partition coefficient (Wildman–Crippen LogP) is 2.98. The molecule has 21 heavy (non-hydrogen) atoms. The van der Waals surface area contributed by atoms with Crippen LogP contribution in [0.5, 0.6) is 0 Å². The number of aromatic nitrogens is 2. The van der Waals surface area contributed by atoms with Gasteiger partial charge in [-0.2, -0.15) is 5.10 Å². The molecule has 0 atom stereocenters. The maximum Gasteiger partial charge on any atom is 0.0682 e. The summed E-state index contributed by atoms with van der Waals surface area (Å²) in [5.41, 5.74) is 4.05. The van der Waals surface area contributed by atoms with E-state index >= 15 is 0 Å². The molecule has 3 aromatic rings. The second-order valence-electron chi connectivity index (χ2n) is 4.84.